The van der Waals surface area contributed by atoms with Gasteiger partial charge in [-0.15, -0.1) is 0 Å². The van der Waals surface area contributed by atoms with E-state index in [-0.39, 0.29) is 6.10 Å². The Kier molecular flexibility index (Phi) is 11.1. The van der Waals surface area contributed by atoms with Gasteiger partial charge in [-0.1, -0.05) is 75.4 Å². The molecule has 0 saturated heterocycles. The zero-order valence-corrected chi connectivity index (χ0v) is 18.0. The predicted octanol–water partition coefficient (Wildman–Crippen LogP) is 6.45. The lowest BCUT2D eigenvalue weighted by molar-refractivity contribution is 0.182. The molecular weight excluding hydrogens is 360 g/mol. The van der Waals surface area contributed by atoms with Crippen molar-refractivity contribution in [3.63, 3.8) is 0 Å². The molecule has 0 aliphatic carbocycles. The molecule has 29 heavy (non-hydrogen) atoms. The number of aliphatic hydroxyl groups is 1. The highest BCUT2D eigenvalue weighted by molar-refractivity contribution is 5.59. The van der Waals surface area contributed by atoms with Crippen molar-refractivity contribution < 1.29 is 9.84 Å². The number of nitrogens with zero attached hydrogens (tertiary/aromatic N) is 2. The van der Waals surface area contributed by atoms with Gasteiger partial charge in [0.15, 0.2) is 11.6 Å². The van der Waals surface area contributed by atoms with Crippen LogP contribution in [0.4, 0.5) is 0 Å². The van der Waals surface area contributed by atoms with Crippen LogP contribution in [0.15, 0.2) is 42.7 Å². The van der Waals surface area contributed by atoms with Crippen LogP contribution in [0.3, 0.4) is 0 Å². The minimum absolute atomic E-state index is 0.213. The molecule has 1 aromatic heterocycles. The Morgan fingerprint density at radius 1 is 0.966 bits per heavy atom. The van der Waals surface area contributed by atoms with Crippen molar-refractivity contribution in [3.05, 3.63) is 48.3 Å². The molecule has 2 rings (SSSR count). The van der Waals surface area contributed by atoms with Gasteiger partial charge in [-0.05, 0) is 38.2 Å². The van der Waals surface area contributed by atoms with Crippen molar-refractivity contribution in [2.75, 3.05) is 6.61 Å². The Hall–Kier alpha value is -2.20. The number of aliphatic hydroxyl groups excluding tert-OH is 1. The zero-order chi connectivity index (χ0) is 20.7. The monoisotopic (exact) mass is 396 g/mol. The van der Waals surface area contributed by atoms with E-state index in [1.54, 1.807) is 12.4 Å². The van der Waals surface area contributed by atoms with Crippen LogP contribution in [0, 0.1) is 0 Å². The fraction of sp³-hybridized carbons (Fsp3) is 0.520. The van der Waals surface area contributed by atoms with E-state index in [4.69, 9.17) is 4.74 Å². The Bertz CT molecular complexity index is 694. The SMILES string of the molecule is CCCCCCCCOc1cnc(-c2ccc(/C=C/CCCC(C)O)cc2)nc1. The van der Waals surface area contributed by atoms with Gasteiger partial charge in [0.1, 0.15) is 0 Å². The maximum atomic E-state index is 9.27. The second-order valence-electron chi connectivity index (χ2n) is 7.66. The van der Waals surface area contributed by atoms with E-state index in [0.29, 0.717) is 5.82 Å². The van der Waals surface area contributed by atoms with E-state index in [2.05, 4.69) is 41.2 Å². The average Bonchev–Trinajstić information content (AvgIpc) is 2.74. The number of ether oxygens (including phenoxy) is 1. The van der Waals surface area contributed by atoms with Gasteiger partial charge >= 0.3 is 0 Å². The molecule has 0 spiro atoms. The summed E-state index contributed by atoms with van der Waals surface area (Å²) in [6.45, 7) is 4.80. The maximum Gasteiger partial charge on any atom is 0.159 e. The summed E-state index contributed by atoms with van der Waals surface area (Å²) in [7, 11) is 0. The molecule has 1 N–H and O–H groups in total. The standard InChI is InChI=1S/C25H36N2O2/c1-3-4-5-6-7-11-18-29-24-19-26-25(27-20-24)23-16-14-22(15-17-23)13-10-8-9-12-21(2)28/h10,13-17,19-21,28H,3-9,11-12,18H2,1-2H3/b13-10+. The molecule has 0 saturated carbocycles. The van der Waals surface area contributed by atoms with Crippen LogP contribution in [0.25, 0.3) is 17.5 Å². The molecule has 1 aromatic carbocycles. The number of benzene rings is 1. The van der Waals surface area contributed by atoms with Crippen molar-refractivity contribution in [1.29, 1.82) is 0 Å². The smallest absolute Gasteiger partial charge is 0.159 e. The van der Waals surface area contributed by atoms with Gasteiger partial charge in [0, 0.05) is 5.56 Å². The lowest BCUT2D eigenvalue weighted by atomic mass is 10.1. The molecule has 4 heteroatoms. The first-order valence-corrected chi connectivity index (χ1v) is 11.1. The Morgan fingerprint density at radius 3 is 2.34 bits per heavy atom. The van der Waals surface area contributed by atoms with Gasteiger partial charge < -0.3 is 9.84 Å². The van der Waals surface area contributed by atoms with Crippen molar-refractivity contribution in [2.24, 2.45) is 0 Å². The van der Waals surface area contributed by atoms with Crippen LogP contribution in [0.2, 0.25) is 0 Å². The Labute approximate surface area is 176 Å². The van der Waals surface area contributed by atoms with Crippen LogP contribution >= 0.6 is 0 Å². The van der Waals surface area contributed by atoms with Crippen LogP contribution in [-0.2, 0) is 0 Å². The zero-order valence-electron chi connectivity index (χ0n) is 18.0. The normalized spacial score (nSPS) is 12.4. The summed E-state index contributed by atoms with van der Waals surface area (Å²) in [5, 5.41) is 9.27. The van der Waals surface area contributed by atoms with E-state index >= 15 is 0 Å². The number of allylic oxidation sites excluding steroid dienone is 1. The molecule has 0 aliphatic rings. The summed E-state index contributed by atoms with van der Waals surface area (Å²) in [6.07, 6.45) is 17.9. The van der Waals surface area contributed by atoms with E-state index in [1.807, 2.05) is 19.1 Å². The molecule has 0 fully saturated rings. The summed E-state index contributed by atoms with van der Waals surface area (Å²) in [6, 6.07) is 8.24. The molecular formula is C25H36N2O2. The van der Waals surface area contributed by atoms with Crippen LogP contribution < -0.4 is 4.74 Å². The van der Waals surface area contributed by atoms with Crippen LogP contribution in [0.5, 0.6) is 5.75 Å². The van der Waals surface area contributed by atoms with Crippen molar-refractivity contribution in [2.45, 2.75) is 77.7 Å². The highest BCUT2D eigenvalue weighted by Crippen LogP contribution is 2.18. The first kappa shape index (κ1) is 23.1. The number of unbranched alkanes of at least 4 members (excludes halogenated alkanes) is 6. The predicted molar refractivity (Wildman–Crippen MR) is 121 cm³/mol. The first-order valence-electron chi connectivity index (χ1n) is 11.1. The molecule has 2 aromatic rings. The lowest BCUT2D eigenvalue weighted by Gasteiger charge is -2.06. The van der Waals surface area contributed by atoms with E-state index < -0.39 is 0 Å². The van der Waals surface area contributed by atoms with Gasteiger partial charge in [-0.3, -0.25) is 0 Å². The fourth-order valence-electron chi connectivity index (χ4n) is 3.11. The molecule has 0 aliphatic heterocycles. The molecule has 1 unspecified atom stereocenters. The lowest BCUT2D eigenvalue weighted by Crippen LogP contribution is -1.99. The maximum absolute atomic E-state index is 9.27. The molecule has 1 heterocycles. The van der Waals surface area contributed by atoms with Gasteiger partial charge in [-0.2, -0.15) is 0 Å². The highest BCUT2D eigenvalue weighted by atomic mass is 16.5. The molecule has 158 valence electrons. The fourth-order valence-corrected chi connectivity index (χ4v) is 3.11. The molecule has 1 atom stereocenters. The Morgan fingerprint density at radius 2 is 1.66 bits per heavy atom. The Balaban J connectivity index is 1.74. The molecule has 0 bridgehead atoms. The topological polar surface area (TPSA) is 55.2 Å². The third-order valence-electron chi connectivity index (χ3n) is 4.87. The summed E-state index contributed by atoms with van der Waals surface area (Å²) >= 11 is 0. The third-order valence-corrected chi connectivity index (χ3v) is 4.87. The largest absolute Gasteiger partial charge is 0.490 e. The van der Waals surface area contributed by atoms with E-state index in [0.717, 1.165) is 49.2 Å². The quantitative estimate of drug-likeness (QED) is 0.373. The molecule has 4 nitrogen and oxygen atoms in total. The minimum Gasteiger partial charge on any atom is -0.490 e. The number of hydrogen-bond donors (Lipinski definition) is 1. The van der Waals surface area contributed by atoms with E-state index in [9.17, 15) is 5.11 Å². The van der Waals surface area contributed by atoms with Crippen LogP contribution in [0.1, 0.15) is 77.2 Å². The van der Waals surface area contributed by atoms with Gasteiger partial charge in [0.2, 0.25) is 0 Å². The molecule has 0 radical (unpaired) electrons. The van der Waals surface area contributed by atoms with Crippen molar-refractivity contribution in [3.8, 4) is 17.1 Å². The van der Waals surface area contributed by atoms with Crippen molar-refractivity contribution >= 4 is 6.08 Å². The molecule has 0 amide bonds. The summed E-state index contributed by atoms with van der Waals surface area (Å²) in [5.74, 6) is 1.45. The summed E-state index contributed by atoms with van der Waals surface area (Å²) in [5.41, 5.74) is 2.16. The van der Waals surface area contributed by atoms with Crippen molar-refractivity contribution in [1.82, 2.24) is 9.97 Å². The number of rotatable bonds is 14. The third kappa shape index (κ3) is 9.71. The first-order chi connectivity index (χ1) is 14.2. The van der Waals surface area contributed by atoms with E-state index in [1.165, 1.54) is 32.1 Å². The average molecular weight is 397 g/mol. The highest BCUT2D eigenvalue weighted by Gasteiger charge is 2.02. The second kappa shape index (κ2) is 13.9. The number of hydrogen-bond acceptors (Lipinski definition) is 4. The van der Waals surface area contributed by atoms with Crippen LogP contribution in [-0.4, -0.2) is 27.8 Å². The van der Waals surface area contributed by atoms with Gasteiger partial charge in [0.25, 0.3) is 0 Å². The minimum atomic E-state index is -0.213. The summed E-state index contributed by atoms with van der Waals surface area (Å²) in [4.78, 5) is 8.89. The number of aromatic nitrogens is 2. The summed E-state index contributed by atoms with van der Waals surface area (Å²) < 4.78 is 5.75. The second-order valence-corrected chi connectivity index (χ2v) is 7.66. The van der Waals surface area contributed by atoms with Gasteiger partial charge in [-0.25, -0.2) is 9.97 Å². The van der Waals surface area contributed by atoms with Gasteiger partial charge in [0.05, 0.1) is 25.1 Å².